The highest BCUT2D eigenvalue weighted by molar-refractivity contribution is 5.82. The maximum Gasteiger partial charge on any atom is -0.00577 e. The van der Waals surface area contributed by atoms with Gasteiger partial charge in [-0.15, -0.1) is 0 Å². The third kappa shape index (κ3) is 2.36. The molecule has 0 fully saturated rings. The Morgan fingerprint density at radius 3 is 1.46 bits per heavy atom. The van der Waals surface area contributed by atoms with Crippen LogP contribution in [0.3, 0.4) is 0 Å². The standard InChI is InChI=1S/C24H26/c1-15-7-5-9-19-13-17(3)21(23(15)19)11-12-22-18(4)14-20-10-6-8-16(2)24(20)22/h5-10H,11-14H2,1-4H3. The van der Waals surface area contributed by atoms with Gasteiger partial charge in [0.25, 0.3) is 0 Å². The number of fused-ring (bicyclic) bond motifs is 2. The predicted octanol–water partition coefficient (Wildman–Crippen LogP) is 6.44. The van der Waals surface area contributed by atoms with Crippen LogP contribution in [-0.4, -0.2) is 0 Å². The highest BCUT2D eigenvalue weighted by Crippen LogP contribution is 2.42. The molecule has 0 heteroatoms. The molecule has 4 rings (SSSR count). The van der Waals surface area contributed by atoms with E-state index in [4.69, 9.17) is 0 Å². The first-order valence-corrected chi connectivity index (χ1v) is 9.11. The van der Waals surface area contributed by atoms with Gasteiger partial charge in [0.15, 0.2) is 0 Å². The van der Waals surface area contributed by atoms with Crippen molar-refractivity contribution in [1.29, 1.82) is 0 Å². The van der Waals surface area contributed by atoms with Crippen molar-refractivity contribution in [3.8, 4) is 0 Å². The van der Waals surface area contributed by atoms with Crippen molar-refractivity contribution in [2.45, 2.75) is 53.4 Å². The molecule has 2 aromatic carbocycles. The van der Waals surface area contributed by atoms with Gasteiger partial charge in [-0.25, -0.2) is 0 Å². The first-order chi connectivity index (χ1) is 11.6. The van der Waals surface area contributed by atoms with Crippen LogP contribution in [0.5, 0.6) is 0 Å². The zero-order chi connectivity index (χ0) is 16.8. The molecule has 0 N–H and O–H groups in total. The van der Waals surface area contributed by atoms with E-state index in [9.17, 15) is 0 Å². The summed E-state index contributed by atoms with van der Waals surface area (Å²) in [6.07, 6.45) is 4.62. The Morgan fingerprint density at radius 1 is 0.625 bits per heavy atom. The van der Waals surface area contributed by atoms with Crippen LogP contribution >= 0.6 is 0 Å². The summed E-state index contributed by atoms with van der Waals surface area (Å²) in [6, 6.07) is 13.5. The van der Waals surface area contributed by atoms with Gasteiger partial charge in [0.05, 0.1) is 0 Å². The maximum atomic E-state index is 2.32. The summed E-state index contributed by atoms with van der Waals surface area (Å²) in [5.41, 5.74) is 15.3. The van der Waals surface area contributed by atoms with Gasteiger partial charge in [0.2, 0.25) is 0 Å². The van der Waals surface area contributed by atoms with E-state index in [1.807, 2.05) is 0 Å². The molecule has 0 saturated carbocycles. The van der Waals surface area contributed by atoms with E-state index in [1.165, 1.54) is 46.2 Å². The second-order valence-corrected chi connectivity index (χ2v) is 7.59. The minimum atomic E-state index is 1.14. The lowest BCUT2D eigenvalue weighted by atomic mass is 9.91. The lowest BCUT2D eigenvalue weighted by molar-refractivity contribution is 1.06. The van der Waals surface area contributed by atoms with Crippen LogP contribution < -0.4 is 0 Å². The summed E-state index contributed by atoms with van der Waals surface area (Å²) in [5, 5.41) is 0. The van der Waals surface area contributed by atoms with Crippen LogP contribution in [0, 0.1) is 13.8 Å². The van der Waals surface area contributed by atoms with Crippen molar-refractivity contribution in [2.24, 2.45) is 0 Å². The first kappa shape index (κ1) is 15.4. The fourth-order valence-electron chi connectivity index (χ4n) is 4.75. The number of aryl methyl sites for hydroxylation is 2. The molecular weight excluding hydrogens is 288 g/mol. The zero-order valence-electron chi connectivity index (χ0n) is 15.3. The van der Waals surface area contributed by atoms with Gasteiger partial charge in [-0.05, 0) is 97.9 Å². The molecule has 0 heterocycles. The van der Waals surface area contributed by atoms with Gasteiger partial charge in [-0.2, -0.15) is 0 Å². The van der Waals surface area contributed by atoms with Crippen molar-refractivity contribution in [3.05, 3.63) is 80.9 Å². The Morgan fingerprint density at radius 2 is 1.04 bits per heavy atom. The Kier molecular flexibility index (Phi) is 3.72. The summed E-state index contributed by atoms with van der Waals surface area (Å²) >= 11 is 0. The van der Waals surface area contributed by atoms with Crippen LogP contribution in [0.2, 0.25) is 0 Å². The molecule has 0 saturated heterocycles. The number of benzene rings is 2. The van der Waals surface area contributed by atoms with Crippen molar-refractivity contribution >= 4 is 11.1 Å². The van der Waals surface area contributed by atoms with Gasteiger partial charge < -0.3 is 0 Å². The fourth-order valence-corrected chi connectivity index (χ4v) is 4.75. The van der Waals surface area contributed by atoms with Gasteiger partial charge >= 0.3 is 0 Å². The van der Waals surface area contributed by atoms with Crippen molar-refractivity contribution in [1.82, 2.24) is 0 Å². The SMILES string of the molecule is CC1=C(CCC2=C(C)Cc3cccc(C)c32)c2c(C)cccc2C1. The fraction of sp³-hybridized carbons (Fsp3) is 0.333. The molecule has 2 aliphatic carbocycles. The molecule has 0 atom stereocenters. The molecule has 0 aliphatic heterocycles. The van der Waals surface area contributed by atoms with Crippen LogP contribution in [0.1, 0.15) is 60.1 Å². The normalized spacial score (nSPS) is 16.0. The highest BCUT2D eigenvalue weighted by Gasteiger charge is 2.24. The van der Waals surface area contributed by atoms with Crippen LogP contribution in [-0.2, 0) is 12.8 Å². The first-order valence-electron chi connectivity index (χ1n) is 9.11. The van der Waals surface area contributed by atoms with Crippen molar-refractivity contribution in [2.75, 3.05) is 0 Å². The lowest BCUT2D eigenvalue weighted by Crippen LogP contribution is -1.93. The van der Waals surface area contributed by atoms with Gasteiger partial charge in [-0.1, -0.05) is 47.5 Å². The minimum Gasteiger partial charge on any atom is -0.0651 e. The molecule has 2 aromatic rings. The van der Waals surface area contributed by atoms with Crippen molar-refractivity contribution < 1.29 is 0 Å². The smallest absolute Gasteiger partial charge is 0.00577 e. The average Bonchev–Trinajstić information content (AvgIpc) is 3.03. The lowest BCUT2D eigenvalue weighted by Gasteiger charge is -2.13. The molecule has 122 valence electrons. The van der Waals surface area contributed by atoms with Crippen LogP contribution in [0.25, 0.3) is 11.1 Å². The molecule has 0 bridgehead atoms. The topological polar surface area (TPSA) is 0 Å². The zero-order valence-corrected chi connectivity index (χ0v) is 15.3. The van der Waals surface area contributed by atoms with Crippen LogP contribution in [0.4, 0.5) is 0 Å². The van der Waals surface area contributed by atoms with Crippen LogP contribution in [0.15, 0.2) is 47.5 Å². The quantitative estimate of drug-likeness (QED) is 0.611. The molecule has 24 heavy (non-hydrogen) atoms. The molecule has 2 aliphatic rings. The molecule has 0 unspecified atom stereocenters. The maximum absolute atomic E-state index is 2.32. The summed E-state index contributed by atoms with van der Waals surface area (Å²) < 4.78 is 0. The average molecular weight is 314 g/mol. The van der Waals surface area contributed by atoms with E-state index in [0.29, 0.717) is 0 Å². The largest absolute Gasteiger partial charge is 0.0651 e. The summed E-state index contributed by atoms with van der Waals surface area (Å²) in [6.45, 7) is 9.17. The Bertz CT molecular complexity index is 815. The van der Waals surface area contributed by atoms with E-state index in [1.54, 1.807) is 22.3 Å². The van der Waals surface area contributed by atoms with E-state index in [-0.39, 0.29) is 0 Å². The molecular formula is C24H26. The summed E-state index contributed by atoms with van der Waals surface area (Å²) in [4.78, 5) is 0. The number of hydrogen-bond acceptors (Lipinski definition) is 0. The third-order valence-electron chi connectivity index (χ3n) is 5.89. The molecule has 0 nitrogen and oxygen atoms in total. The molecule has 0 aromatic heterocycles. The highest BCUT2D eigenvalue weighted by atomic mass is 14.3. The third-order valence-corrected chi connectivity index (χ3v) is 5.89. The molecule has 0 radical (unpaired) electrons. The van der Waals surface area contributed by atoms with Crippen molar-refractivity contribution in [3.63, 3.8) is 0 Å². The Labute approximate surface area is 145 Å². The van der Waals surface area contributed by atoms with Gasteiger partial charge in [0, 0.05) is 0 Å². The molecule has 0 spiro atoms. The van der Waals surface area contributed by atoms with E-state index in [2.05, 4.69) is 64.1 Å². The Hall–Kier alpha value is -2.08. The number of allylic oxidation sites excluding steroid dienone is 4. The number of hydrogen-bond donors (Lipinski definition) is 0. The van der Waals surface area contributed by atoms with E-state index < -0.39 is 0 Å². The second-order valence-electron chi connectivity index (χ2n) is 7.59. The van der Waals surface area contributed by atoms with Gasteiger partial charge in [-0.3, -0.25) is 0 Å². The monoisotopic (exact) mass is 314 g/mol. The predicted molar refractivity (Wildman–Crippen MR) is 104 cm³/mol. The van der Waals surface area contributed by atoms with E-state index >= 15 is 0 Å². The minimum absolute atomic E-state index is 1.14. The Balaban J connectivity index is 1.64. The molecule has 0 amide bonds. The van der Waals surface area contributed by atoms with Gasteiger partial charge in [0.1, 0.15) is 0 Å². The summed E-state index contributed by atoms with van der Waals surface area (Å²) in [5.74, 6) is 0. The second kappa shape index (κ2) is 5.77. The number of rotatable bonds is 3. The van der Waals surface area contributed by atoms with E-state index in [0.717, 1.165) is 12.8 Å². The summed E-state index contributed by atoms with van der Waals surface area (Å²) in [7, 11) is 0.